The SMILES string of the molecule is C=CC(=O)N1CCC(C(=O)NC2CCc3ccccc32)CC1. The average molecular weight is 298 g/mol. The van der Waals surface area contributed by atoms with Crippen LogP contribution in [0.15, 0.2) is 36.9 Å². The Kier molecular flexibility index (Phi) is 4.27. The molecule has 0 spiro atoms. The lowest BCUT2D eigenvalue weighted by atomic mass is 9.95. The number of piperidine rings is 1. The van der Waals surface area contributed by atoms with Crippen molar-refractivity contribution in [2.45, 2.75) is 31.7 Å². The smallest absolute Gasteiger partial charge is 0.245 e. The van der Waals surface area contributed by atoms with E-state index in [2.05, 4.69) is 30.1 Å². The van der Waals surface area contributed by atoms with Crippen LogP contribution < -0.4 is 5.32 Å². The lowest BCUT2D eigenvalue weighted by Crippen LogP contribution is -2.43. The Hall–Kier alpha value is -2.10. The fourth-order valence-corrected chi connectivity index (χ4v) is 3.49. The Labute approximate surface area is 131 Å². The third kappa shape index (κ3) is 2.91. The number of nitrogens with zero attached hydrogens (tertiary/aromatic N) is 1. The van der Waals surface area contributed by atoms with E-state index in [4.69, 9.17) is 0 Å². The van der Waals surface area contributed by atoms with Gasteiger partial charge in [0.15, 0.2) is 0 Å². The van der Waals surface area contributed by atoms with Crippen LogP contribution >= 0.6 is 0 Å². The third-order valence-corrected chi connectivity index (χ3v) is 4.80. The standard InChI is InChI=1S/C18H22N2O2/c1-2-17(21)20-11-9-14(10-12-20)18(22)19-16-8-7-13-5-3-4-6-15(13)16/h2-6,14,16H,1,7-12H2,(H,19,22). The highest BCUT2D eigenvalue weighted by Gasteiger charge is 2.29. The molecule has 0 aromatic heterocycles. The summed E-state index contributed by atoms with van der Waals surface area (Å²) in [7, 11) is 0. The number of aryl methyl sites for hydroxylation is 1. The van der Waals surface area contributed by atoms with E-state index in [0.717, 1.165) is 25.7 Å². The summed E-state index contributed by atoms with van der Waals surface area (Å²) in [6.45, 7) is 4.80. The Morgan fingerprint density at radius 1 is 1.18 bits per heavy atom. The maximum absolute atomic E-state index is 12.5. The molecule has 1 heterocycles. The number of likely N-dealkylation sites (tertiary alicyclic amines) is 1. The van der Waals surface area contributed by atoms with Gasteiger partial charge in [0.1, 0.15) is 0 Å². The van der Waals surface area contributed by atoms with Gasteiger partial charge in [0.05, 0.1) is 6.04 Å². The highest BCUT2D eigenvalue weighted by atomic mass is 16.2. The van der Waals surface area contributed by atoms with Crippen molar-refractivity contribution in [3.8, 4) is 0 Å². The molecule has 1 aromatic carbocycles. The zero-order chi connectivity index (χ0) is 15.5. The molecular weight excluding hydrogens is 276 g/mol. The van der Waals surface area contributed by atoms with Gasteiger partial charge in [-0.25, -0.2) is 0 Å². The van der Waals surface area contributed by atoms with Crippen LogP contribution in [0.5, 0.6) is 0 Å². The van der Waals surface area contributed by atoms with Crippen LogP contribution in [-0.2, 0) is 16.0 Å². The minimum Gasteiger partial charge on any atom is -0.349 e. The Balaban J connectivity index is 1.56. The first-order chi connectivity index (χ1) is 10.7. The minimum absolute atomic E-state index is 0.0154. The van der Waals surface area contributed by atoms with Gasteiger partial charge in [-0.05, 0) is 42.9 Å². The molecule has 0 bridgehead atoms. The first-order valence-electron chi connectivity index (χ1n) is 7.98. The molecule has 1 atom stereocenters. The minimum atomic E-state index is -0.0384. The molecule has 0 radical (unpaired) electrons. The number of rotatable bonds is 3. The van der Waals surface area contributed by atoms with Gasteiger partial charge in [-0.1, -0.05) is 30.8 Å². The monoisotopic (exact) mass is 298 g/mol. The second-order valence-corrected chi connectivity index (χ2v) is 6.10. The van der Waals surface area contributed by atoms with Gasteiger partial charge >= 0.3 is 0 Å². The summed E-state index contributed by atoms with van der Waals surface area (Å²) in [5, 5.41) is 3.20. The van der Waals surface area contributed by atoms with E-state index in [9.17, 15) is 9.59 Å². The molecule has 1 unspecified atom stereocenters. The molecule has 1 aliphatic heterocycles. The topological polar surface area (TPSA) is 49.4 Å². The third-order valence-electron chi connectivity index (χ3n) is 4.80. The van der Waals surface area contributed by atoms with Crippen LogP contribution in [0, 0.1) is 5.92 Å². The Bertz CT molecular complexity index is 589. The fourth-order valence-electron chi connectivity index (χ4n) is 3.49. The van der Waals surface area contributed by atoms with Gasteiger partial charge in [-0.15, -0.1) is 0 Å². The van der Waals surface area contributed by atoms with Gasteiger partial charge in [0.2, 0.25) is 11.8 Å². The molecule has 116 valence electrons. The predicted molar refractivity (Wildman–Crippen MR) is 85.1 cm³/mol. The van der Waals surface area contributed by atoms with Crippen molar-refractivity contribution in [3.63, 3.8) is 0 Å². The molecule has 1 aromatic rings. The van der Waals surface area contributed by atoms with Gasteiger partial charge in [-0.2, -0.15) is 0 Å². The second kappa shape index (κ2) is 6.34. The van der Waals surface area contributed by atoms with Gasteiger partial charge < -0.3 is 10.2 Å². The van der Waals surface area contributed by atoms with Gasteiger partial charge in [-0.3, -0.25) is 9.59 Å². The first-order valence-corrected chi connectivity index (χ1v) is 7.98. The summed E-state index contributed by atoms with van der Waals surface area (Å²) in [5.74, 6) is 0.109. The van der Waals surface area contributed by atoms with Crippen molar-refractivity contribution >= 4 is 11.8 Å². The van der Waals surface area contributed by atoms with Crippen molar-refractivity contribution in [2.24, 2.45) is 5.92 Å². The van der Waals surface area contributed by atoms with Crippen LogP contribution in [0.2, 0.25) is 0 Å². The molecule has 3 rings (SSSR count). The summed E-state index contributed by atoms with van der Waals surface area (Å²) >= 11 is 0. The fraction of sp³-hybridized carbons (Fsp3) is 0.444. The number of carbonyl (C=O) groups is 2. The van der Waals surface area contributed by atoms with E-state index >= 15 is 0 Å². The van der Waals surface area contributed by atoms with Crippen molar-refractivity contribution < 1.29 is 9.59 Å². The van der Waals surface area contributed by atoms with Crippen molar-refractivity contribution in [1.82, 2.24) is 10.2 Å². The lowest BCUT2D eigenvalue weighted by Gasteiger charge is -2.31. The summed E-state index contributed by atoms with van der Waals surface area (Å²) in [6, 6.07) is 8.48. The Morgan fingerprint density at radius 2 is 1.91 bits per heavy atom. The molecule has 2 amide bonds. The quantitative estimate of drug-likeness (QED) is 0.870. The summed E-state index contributed by atoms with van der Waals surface area (Å²) in [6.07, 6.45) is 4.84. The number of benzene rings is 1. The van der Waals surface area contributed by atoms with Crippen LogP contribution in [0.25, 0.3) is 0 Å². The van der Waals surface area contributed by atoms with Crippen LogP contribution in [0.3, 0.4) is 0 Å². The molecular formula is C18H22N2O2. The number of nitrogens with one attached hydrogen (secondary N) is 1. The van der Waals surface area contributed by atoms with Crippen molar-refractivity contribution in [3.05, 3.63) is 48.0 Å². The molecule has 1 fully saturated rings. The highest BCUT2D eigenvalue weighted by molar-refractivity contribution is 5.87. The zero-order valence-corrected chi connectivity index (χ0v) is 12.8. The summed E-state index contributed by atoms with van der Waals surface area (Å²) in [5.41, 5.74) is 2.61. The lowest BCUT2D eigenvalue weighted by molar-refractivity contribution is -0.132. The van der Waals surface area contributed by atoms with E-state index in [1.165, 1.54) is 17.2 Å². The average Bonchev–Trinajstić information content (AvgIpc) is 2.97. The van der Waals surface area contributed by atoms with E-state index < -0.39 is 0 Å². The summed E-state index contributed by atoms with van der Waals surface area (Å²) in [4.78, 5) is 25.8. The molecule has 4 heteroatoms. The van der Waals surface area contributed by atoms with E-state index in [-0.39, 0.29) is 23.8 Å². The largest absolute Gasteiger partial charge is 0.349 e. The van der Waals surface area contributed by atoms with Crippen LogP contribution in [-0.4, -0.2) is 29.8 Å². The number of fused-ring (bicyclic) bond motifs is 1. The van der Waals surface area contributed by atoms with Gasteiger partial charge in [0.25, 0.3) is 0 Å². The van der Waals surface area contributed by atoms with Crippen LogP contribution in [0.1, 0.15) is 36.4 Å². The molecule has 1 aliphatic carbocycles. The molecule has 1 saturated heterocycles. The van der Waals surface area contributed by atoms with Crippen molar-refractivity contribution in [1.29, 1.82) is 0 Å². The molecule has 2 aliphatic rings. The van der Waals surface area contributed by atoms with E-state index in [1.807, 2.05) is 6.07 Å². The number of hydrogen-bond donors (Lipinski definition) is 1. The normalized spacial score (nSPS) is 21.3. The molecule has 1 N–H and O–H groups in total. The van der Waals surface area contributed by atoms with Crippen molar-refractivity contribution in [2.75, 3.05) is 13.1 Å². The van der Waals surface area contributed by atoms with Gasteiger partial charge in [0, 0.05) is 19.0 Å². The second-order valence-electron chi connectivity index (χ2n) is 6.10. The maximum Gasteiger partial charge on any atom is 0.245 e. The van der Waals surface area contributed by atoms with E-state index in [0.29, 0.717) is 13.1 Å². The number of hydrogen-bond acceptors (Lipinski definition) is 2. The first kappa shape index (κ1) is 14.8. The summed E-state index contributed by atoms with van der Waals surface area (Å²) < 4.78 is 0. The number of amides is 2. The molecule has 4 nitrogen and oxygen atoms in total. The zero-order valence-electron chi connectivity index (χ0n) is 12.8. The maximum atomic E-state index is 12.5. The predicted octanol–water partition coefficient (Wildman–Crippen LogP) is 2.21. The highest BCUT2D eigenvalue weighted by Crippen LogP contribution is 2.31. The molecule has 22 heavy (non-hydrogen) atoms. The molecule has 0 saturated carbocycles. The van der Waals surface area contributed by atoms with E-state index in [1.54, 1.807) is 4.90 Å². The Morgan fingerprint density at radius 3 is 2.64 bits per heavy atom. The number of carbonyl (C=O) groups excluding carboxylic acids is 2. The van der Waals surface area contributed by atoms with Crippen LogP contribution in [0.4, 0.5) is 0 Å².